The van der Waals surface area contributed by atoms with E-state index in [1.54, 1.807) is 0 Å². The minimum atomic E-state index is 0.0386. The average molecular weight is 483 g/mol. The molecule has 1 saturated carbocycles. The molecule has 0 bridgehead atoms. The Labute approximate surface area is 219 Å². The Morgan fingerprint density at radius 1 is 0.892 bits per heavy atom. The van der Waals surface area contributed by atoms with Crippen LogP contribution in [0, 0.1) is 18.3 Å². The zero-order chi connectivity index (χ0) is 25.5. The SMILES string of the molecule is CB(c1ccc(C2CCCCC2)cc1)c1c(C#N)ccc2c1oc1c(-c3cccc[n+]3C)c(C)ccc12. The van der Waals surface area contributed by atoms with Crippen molar-refractivity contribution in [2.75, 3.05) is 0 Å². The number of hydrogen-bond acceptors (Lipinski definition) is 2. The van der Waals surface area contributed by atoms with Gasteiger partial charge in [0.1, 0.15) is 18.2 Å². The monoisotopic (exact) mass is 483 g/mol. The maximum atomic E-state index is 10.1. The Balaban J connectivity index is 1.51. The van der Waals surface area contributed by atoms with E-state index in [0.29, 0.717) is 11.5 Å². The maximum absolute atomic E-state index is 10.1. The Morgan fingerprint density at radius 3 is 2.35 bits per heavy atom. The van der Waals surface area contributed by atoms with Crippen molar-refractivity contribution in [3.05, 3.63) is 89.6 Å². The highest BCUT2D eigenvalue weighted by molar-refractivity contribution is 6.86. The van der Waals surface area contributed by atoms with E-state index in [0.717, 1.165) is 38.7 Å². The quantitative estimate of drug-likeness (QED) is 0.215. The fourth-order valence-electron chi connectivity index (χ4n) is 6.31. The Morgan fingerprint density at radius 2 is 1.62 bits per heavy atom. The number of furan rings is 1. The van der Waals surface area contributed by atoms with Crippen LogP contribution in [-0.2, 0) is 7.05 Å². The van der Waals surface area contributed by atoms with Gasteiger partial charge in [-0.25, -0.2) is 4.57 Å². The van der Waals surface area contributed by atoms with Crippen molar-refractivity contribution < 1.29 is 8.98 Å². The van der Waals surface area contributed by atoms with E-state index in [1.807, 2.05) is 18.2 Å². The summed E-state index contributed by atoms with van der Waals surface area (Å²) < 4.78 is 8.88. The molecule has 0 saturated heterocycles. The van der Waals surface area contributed by atoms with Crippen molar-refractivity contribution in [3.63, 3.8) is 0 Å². The molecule has 0 atom stereocenters. The molecule has 37 heavy (non-hydrogen) atoms. The van der Waals surface area contributed by atoms with Gasteiger partial charge < -0.3 is 4.42 Å². The third-order valence-electron chi connectivity index (χ3n) is 8.43. The molecule has 1 aliphatic rings. The Kier molecular flexibility index (Phi) is 6.09. The van der Waals surface area contributed by atoms with Gasteiger partial charge in [0.2, 0.25) is 12.4 Å². The van der Waals surface area contributed by atoms with Crippen LogP contribution in [0.1, 0.15) is 54.7 Å². The van der Waals surface area contributed by atoms with Crippen LogP contribution in [0.25, 0.3) is 33.2 Å². The van der Waals surface area contributed by atoms with Crippen LogP contribution in [0.2, 0.25) is 6.82 Å². The van der Waals surface area contributed by atoms with E-state index in [-0.39, 0.29) is 6.71 Å². The fraction of sp³-hybridized carbons (Fsp3) is 0.273. The molecule has 3 nitrogen and oxygen atoms in total. The first-order chi connectivity index (χ1) is 18.1. The summed E-state index contributed by atoms with van der Waals surface area (Å²) in [5, 5.41) is 12.2. The van der Waals surface area contributed by atoms with Crippen LogP contribution >= 0.6 is 0 Å². The second-order valence-corrected chi connectivity index (χ2v) is 10.7. The van der Waals surface area contributed by atoms with Gasteiger partial charge in [-0.2, -0.15) is 5.26 Å². The second kappa shape index (κ2) is 9.56. The first-order valence-electron chi connectivity index (χ1n) is 13.5. The number of benzene rings is 3. The summed E-state index contributed by atoms with van der Waals surface area (Å²) >= 11 is 0. The van der Waals surface area contributed by atoms with Gasteiger partial charge in [-0.15, -0.1) is 0 Å². The van der Waals surface area contributed by atoms with E-state index < -0.39 is 0 Å². The first-order valence-corrected chi connectivity index (χ1v) is 13.5. The molecular formula is C33H32BN2O+. The molecule has 182 valence electrons. The van der Waals surface area contributed by atoms with E-state index >= 15 is 0 Å². The van der Waals surface area contributed by atoms with E-state index in [1.165, 1.54) is 48.7 Å². The molecule has 3 aromatic carbocycles. The zero-order valence-corrected chi connectivity index (χ0v) is 21.9. The summed E-state index contributed by atoms with van der Waals surface area (Å²) in [4.78, 5) is 0. The standard InChI is InChI=1S/C33H32BN2O/c1-22-12-18-27-28-19-15-25(21-35)31(33(28)37-32(27)30(22)29-11-7-8-20-36(29)3)34(2)26-16-13-24(14-17-26)23-9-5-4-6-10-23/h7-8,11-20,23H,4-6,9-10H2,1-3H3/q+1. The minimum Gasteiger partial charge on any atom is -0.456 e. The molecule has 2 heterocycles. The lowest BCUT2D eigenvalue weighted by Gasteiger charge is -2.22. The molecule has 0 unspecified atom stereocenters. The fourth-order valence-corrected chi connectivity index (χ4v) is 6.31. The van der Waals surface area contributed by atoms with Gasteiger partial charge in [-0.1, -0.05) is 67.9 Å². The molecule has 1 fully saturated rings. The molecule has 0 N–H and O–H groups in total. The van der Waals surface area contributed by atoms with E-state index in [4.69, 9.17) is 4.42 Å². The third kappa shape index (κ3) is 4.04. The molecular weight excluding hydrogens is 451 g/mol. The molecule has 4 heteroatoms. The van der Waals surface area contributed by atoms with Gasteiger partial charge in [0, 0.05) is 22.9 Å². The molecule has 2 aromatic heterocycles. The van der Waals surface area contributed by atoms with Crippen LogP contribution in [-0.4, -0.2) is 6.71 Å². The van der Waals surface area contributed by atoms with Gasteiger partial charge in [0.05, 0.1) is 17.2 Å². The molecule has 1 aliphatic carbocycles. The minimum absolute atomic E-state index is 0.0386. The predicted octanol–water partition coefficient (Wildman–Crippen LogP) is 6.54. The van der Waals surface area contributed by atoms with Crippen LogP contribution in [0.15, 0.2) is 77.3 Å². The normalized spacial score (nSPS) is 14.2. The zero-order valence-electron chi connectivity index (χ0n) is 21.9. The summed E-state index contributed by atoms with van der Waals surface area (Å²) in [6, 6.07) is 26.2. The van der Waals surface area contributed by atoms with Gasteiger partial charge in [0.25, 0.3) is 0 Å². The summed E-state index contributed by atoms with van der Waals surface area (Å²) in [6.45, 7) is 4.37. The molecule has 0 aliphatic heterocycles. The lowest BCUT2D eigenvalue weighted by atomic mass is 9.41. The number of fused-ring (bicyclic) bond motifs is 3. The number of hydrogen-bond donors (Lipinski definition) is 0. The van der Waals surface area contributed by atoms with E-state index in [2.05, 4.69) is 86.2 Å². The lowest BCUT2D eigenvalue weighted by molar-refractivity contribution is -0.660. The smallest absolute Gasteiger partial charge is 0.216 e. The highest BCUT2D eigenvalue weighted by atomic mass is 16.3. The Hall–Kier alpha value is -3.84. The van der Waals surface area contributed by atoms with Crippen LogP contribution in [0.4, 0.5) is 0 Å². The van der Waals surface area contributed by atoms with Crippen molar-refractivity contribution in [1.29, 1.82) is 5.26 Å². The highest BCUT2D eigenvalue weighted by Crippen LogP contribution is 2.37. The van der Waals surface area contributed by atoms with E-state index in [9.17, 15) is 5.26 Å². The van der Waals surface area contributed by atoms with Crippen LogP contribution < -0.4 is 15.5 Å². The number of aryl methyl sites for hydroxylation is 2. The average Bonchev–Trinajstić information content (AvgIpc) is 3.32. The van der Waals surface area contributed by atoms with Crippen molar-refractivity contribution in [2.24, 2.45) is 7.05 Å². The highest BCUT2D eigenvalue weighted by Gasteiger charge is 2.26. The van der Waals surface area contributed by atoms with Gasteiger partial charge >= 0.3 is 0 Å². The molecule has 5 aromatic rings. The van der Waals surface area contributed by atoms with Crippen molar-refractivity contribution in [3.8, 4) is 17.3 Å². The first kappa shape index (κ1) is 23.6. The second-order valence-electron chi connectivity index (χ2n) is 10.7. The number of rotatable bonds is 4. The summed E-state index contributed by atoms with van der Waals surface area (Å²) in [7, 11) is 2.06. The van der Waals surface area contributed by atoms with Gasteiger partial charge in [0.15, 0.2) is 6.20 Å². The summed E-state index contributed by atoms with van der Waals surface area (Å²) in [6.07, 6.45) is 8.71. The van der Waals surface area contributed by atoms with Crippen LogP contribution in [0.5, 0.6) is 0 Å². The number of nitriles is 1. The van der Waals surface area contributed by atoms with Crippen molar-refractivity contribution in [2.45, 2.75) is 51.8 Å². The third-order valence-corrected chi connectivity index (χ3v) is 8.43. The largest absolute Gasteiger partial charge is 0.456 e. The molecule has 0 spiro atoms. The van der Waals surface area contributed by atoms with Crippen molar-refractivity contribution >= 4 is 39.6 Å². The number of aromatic nitrogens is 1. The van der Waals surface area contributed by atoms with Crippen molar-refractivity contribution in [1.82, 2.24) is 0 Å². The number of pyridine rings is 1. The molecule has 0 radical (unpaired) electrons. The maximum Gasteiger partial charge on any atom is 0.216 e. The topological polar surface area (TPSA) is 40.8 Å². The molecule has 6 rings (SSSR count). The summed E-state index contributed by atoms with van der Waals surface area (Å²) in [5.74, 6) is 0.688. The molecule has 0 amide bonds. The summed E-state index contributed by atoms with van der Waals surface area (Å²) in [5.41, 5.74) is 9.41. The van der Waals surface area contributed by atoms with Gasteiger partial charge in [-0.05, 0) is 60.5 Å². The van der Waals surface area contributed by atoms with Gasteiger partial charge in [-0.3, -0.25) is 0 Å². The predicted molar refractivity (Wildman–Crippen MR) is 153 cm³/mol. The number of nitrogens with zero attached hydrogens (tertiary/aromatic N) is 2. The lowest BCUT2D eigenvalue weighted by Crippen LogP contribution is -2.41. The van der Waals surface area contributed by atoms with Crippen LogP contribution in [0.3, 0.4) is 0 Å². The Bertz CT molecular complexity index is 1650.